The Bertz CT molecular complexity index is 668. The average Bonchev–Trinajstić information content (AvgIpc) is 2.48. The summed E-state index contributed by atoms with van der Waals surface area (Å²) in [4.78, 5) is 0. The zero-order valence-corrected chi connectivity index (χ0v) is 14.2. The van der Waals surface area contributed by atoms with Crippen molar-refractivity contribution in [3.63, 3.8) is 0 Å². The van der Waals surface area contributed by atoms with Crippen LogP contribution in [0.2, 0.25) is 0 Å². The minimum absolute atomic E-state index is 0.101. The maximum atomic E-state index is 6.30. The molecule has 21 heavy (non-hydrogen) atoms. The summed E-state index contributed by atoms with van der Waals surface area (Å²) in [7, 11) is 2.02. The van der Waals surface area contributed by atoms with Gasteiger partial charge in [-0.2, -0.15) is 0 Å². The van der Waals surface area contributed by atoms with Gasteiger partial charge in [0.05, 0.1) is 0 Å². The number of ether oxygens (including phenoxy) is 1. The number of fused-ring (bicyclic) bond motifs is 1. The predicted molar refractivity (Wildman–Crippen MR) is 89.8 cm³/mol. The van der Waals surface area contributed by atoms with Crippen LogP contribution in [0.25, 0.3) is 0 Å². The number of aryl methyl sites for hydroxylation is 1. The first kappa shape index (κ1) is 14.6. The van der Waals surface area contributed by atoms with Crippen molar-refractivity contribution in [1.29, 1.82) is 0 Å². The van der Waals surface area contributed by atoms with Gasteiger partial charge < -0.3 is 10.1 Å². The number of nitrogens with one attached hydrogen (secondary N) is 1. The van der Waals surface area contributed by atoms with Gasteiger partial charge in [-0.25, -0.2) is 0 Å². The van der Waals surface area contributed by atoms with Crippen LogP contribution in [-0.2, 0) is 0 Å². The van der Waals surface area contributed by atoms with E-state index in [4.69, 9.17) is 4.74 Å². The van der Waals surface area contributed by atoms with Crippen molar-refractivity contribution in [2.24, 2.45) is 0 Å². The van der Waals surface area contributed by atoms with Gasteiger partial charge in [0.1, 0.15) is 11.9 Å². The second-order valence-electron chi connectivity index (χ2n) is 5.65. The molecule has 2 nitrogen and oxygen atoms in total. The van der Waals surface area contributed by atoms with Crippen LogP contribution in [0.3, 0.4) is 0 Å². The fourth-order valence-corrected chi connectivity index (χ4v) is 3.37. The Morgan fingerprint density at radius 2 is 1.95 bits per heavy atom. The van der Waals surface area contributed by atoms with Gasteiger partial charge in [-0.05, 0) is 49.7 Å². The van der Waals surface area contributed by atoms with Crippen LogP contribution in [0.1, 0.15) is 40.8 Å². The predicted octanol–water partition coefficient (Wildman–Crippen LogP) is 4.85. The molecule has 2 unspecified atom stereocenters. The molecular formula is C18H20BrNO. The van der Waals surface area contributed by atoms with Gasteiger partial charge in [0.2, 0.25) is 0 Å². The molecule has 110 valence electrons. The molecule has 3 heteroatoms. The summed E-state index contributed by atoms with van der Waals surface area (Å²) in [5, 5.41) is 3.42. The molecule has 0 spiro atoms. The summed E-state index contributed by atoms with van der Waals surface area (Å²) in [5.74, 6) is 0.973. The Kier molecular flexibility index (Phi) is 4.05. The van der Waals surface area contributed by atoms with E-state index in [0.717, 1.165) is 16.6 Å². The maximum Gasteiger partial charge on any atom is 0.126 e. The van der Waals surface area contributed by atoms with Crippen molar-refractivity contribution in [2.75, 3.05) is 7.05 Å². The molecule has 1 aliphatic rings. The number of hydrogen-bond donors (Lipinski definition) is 1. The molecular weight excluding hydrogens is 326 g/mol. The van der Waals surface area contributed by atoms with E-state index < -0.39 is 0 Å². The van der Waals surface area contributed by atoms with E-state index >= 15 is 0 Å². The Morgan fingerprint density at radius 3 is 2.71 bits per heavy atom. The zero-order chi connectivity index (χ0) is 15.0. The lowest BCUT2D eigenvalue weighted by Crippen LogP contribution is -2.27. The number of rotatable bonds is 2. The number of hydrogen-bond acceptors (Lipinski definition) is 2. The van der Waals surface area contributed by atoms with Gasteiger partial charge in [-0.15, -0.1) is 0 Å². The molecule has 3 rings (SSSR count). The quantitative estimate of drug-likeness (QED) is 0.839. The highest BCUT2D eigenvalue weighted by atomic mass is 79.9. The van der Waals surface area contributed by atoms with Gasteiger partial charge in [0.15, 0.2) is 0 Å². The molecule has 1 N–H and O–H groups in total. The van der Waals surface area contributed by atoms with Gasteiger partial charge >= 0.3 is 0 Å². The highest BCUT2D eigenvalue weighted by molar-refractivity contribution is 9.10. The number of benzene rings is 2. The van der Waals surface area contributed by atoms with E-state index in [0.29, 0.717) is 6.04 Å². The van der Waals surface area contributed by atoms with Crippen molar-refractivity contribution < 1.29 is 4.74 Å². The van der Waals surface area contributed by atoms with E-state index in [9.17, 15) is 0 Å². The van der Waals surface area contributed by atoms with E-state index in [1.165, 1.54) is 22.3 Å². The van der Waals surface area contributed by atoms with Crippen molar-refractivity contribution in [1.82, 2.24) is 5.32 Å². The van der Waals surface area contributed by atoms with Crippen LogP contribution in [0.4, 0.5) is 0 Å². The largest absolute Gasteiger partial charge is 0.485 e. The second kappa shape index (κ2) is 5.82. The van der Waals surface area contributed by atoms with Crippen molar-refractivity contribution in [3.05, 3.63) is 63.1 Å². The Balaban J connectivity index is 2.02. The summed E-state index contributed by atoms with van der Waals surface area (Å²) < 4.78 is 7.35. The molecule has 0 fully saturated rings. The van der Waals surface area contributed by atoms with Gasteiger partial charge in [-0.3, -0.25) is 0 Å². The molecule has 2 atom stereocenters. The van der Waals surface area contributed by atoms with Gasteiger partial charge in [-0.1, -0.05) is 40.2 Å². The molecule has 2 aromatic rings. The standard InChI is InChI=1S/C18H20BrNO/c1-11-5-4-6-14(12(11)2)18-10-16(20-3)15-8-7-13(19)9-17(15)21-18/h4-9,16,18,20H,10H2,1-3H3. The average molecular weight is 346 g/mol. The summed E-state index contributed by atoms with van der Waals surface area (Å²) in [5.41, 5.74) is 5.18. The molecule has 0 bridgehead atoms. The number of halogens is 1. The summed E-state index contributed by atoms with van der Waals surface area (Å²) in [6.45, 7) is 4.33. The van der Waals surface area contributed by atoms with Gasteiger partial charge in [0, 0.05) is 22.5 Å². The Hall–Kier alpha value is -1.32. The summed E-state index contributed by atoms with van der Waals surface area (Å²) >= 11 is 3.53. The second-order valence-corrected chi connectivity index (χ2v) is 6.57. The van der Waals surface area contributed by atoms with Crippen LogP contribution < -0.4 is 10.1 Å². The molecule has 1 heterocycles. The van der Waals surface area contributed by atoms with Gasteiger partial charge in [0.25, 0.3) is 0 Å². The molecule has 0 saturated heterocycles. The molecule has 2 aromatic carbocycles. The van der Waals surface area contributed by atoms with Crippen LogP contribution in [-0.4, -0.2) is 7.05 Å². The normalized spacial score (nSPS) is 20.8. The van der Waals surface area contributed by atoms with Crippen molar-refractivity contribution >= 4 is 15.9 Å². The lowest BCUT2D eigenvalue weighted by molar-refractivity contribution is 0.153. The zero-order valence-electron chi connectivity index (χ0n) is 12.6. The summed E-state index contributed by atoms with van der Waals surface area (Å²) in [6.07, 6.45) is 1.05. The topological polar surface area (TPSA) is 21.3 Å². The van der Waals surface area contributed by atoms with Crippen LogP contribution in [0, 0.1) is 13.8 Å². The minimum Gasteiger partial charge on any atom is -0.485 e. The van der Waals surface area contributed by atoms with E-state index in [1.54, 1.807) is 0 Å². The molecule has 1 aliphatic heterocycles. The fourth-order valence-electron chi connectivity index (χ4n) is 3.03. The maximum absolute atomic E-state index is 6.30. The van der Waals surface area contributed by atoms with E-state index in [1.807, 2.05) is 7.05 Å². The smallest absolute Gasteiger partial charge is 0.126 e. The third kappa shape index (κ3) is 2.72. The highest BCUT2D eigenvalue weighted by Crippen LogP contribution is 2.42. The lowest BCUT2D eigenvalue weighted by atomic mass is 9.90. The van der Waals surface area contributed by atoms with E-state index in [2.05, 4.69) is 71.5 Å². The SMILES string of the molecule is CNC1CC(c2cccc(C)c2C)Oc2cc(Br)ccc21. The highest BCUT2D eigenvalue weighted by Gasteiger charge is 2.29. The molecule has 0 radical (unpaired) electrons. The Morgan fingerprint density at radius 1 is 1.14 bits per heavy atom. The van der Waals surface area contributed by atoms with E-state index in [-0.39, 0.29) is 6.10 Å². The molecule has 0 amide bonds. The third-order valence-electron chi connectivity index (χ3n) is 4.41. The van der Waals surface area contributed by atoms with Crippen molar-refractivity contribution in [3.8, 4) is 5.75 Å². The first-order chi connectivity index (χ1) is 10.1. The fraction of sp³-hybridized carbons (Fsp3) is 0.333. The minimum atomic E-state index is 0.101. The lowest BCUT2D eigenvalue weighted by Gasteiger charge is -2.33. The van der Waals surface area contributed by atoms with Crippen LogP contribution >= 0.6 is 15.9 Å². The molecule has 0 aromatic heterocycles. The molecule has 0 saturated carbocycles. The van der Waals surface area contributed by atoms with Crippen LogP contribution in [0.15, 0.2) is 40.9 Å². The molecule has 0 aliphatic carbocycles. The first-order valence-corrected chi connectivity index (χ1v) is 8.09. The first-order valence-electron chi connectivity index (χ1n) is 7.29. The summed E-state index contributed by atoms with van der Waals surface area (Å²) in [6, 6.07) is 13.1. The Labute approximate surface area is 134 Å². The third-order valence-corrected chi connectivity index (χ3v) is 4.91. The monoisotopic (exact) mass is 345 g/mol. The van der Waals surface area contributed by atoms with Crippen LogP contribution in [0.5, 0.6) is 5.75 Å². The van der Waals surface area contributed by atoms with Crippen molar-refractivity contribution in [2.45, 2.75) is 32.4 Å².